The van der Waals surface area contributed by atoms with E-state index in [0.717, 1.165) is 31.9 Å². The van der Waals surface area contributed by atoms with Crippen LogP contribution in [0.3, 0.4) is 0 Å². The van der Waals surface area contributed by atoms with Gasteiger partial charge in [-0.05, 0) is 35.7 Å². The number of anilines is 1. The topological polar surface area (TPSA) is 34.1 Å². The van der Waals surface area contributed by atoms with Gasteiger partial charge >= 0.3 is 0 Å². The smallest absolute Gasteiger partial charge is 0.144 e. The van der Waals surface area contributed by atoms with Crippen molar-refractivity contribution in [2.45, 2.75) is 18.9 Å². The minimum atomic E-state index is 0.508. The lowest BCUT2D eigenvalue weighted by atomic mass is 10.1. The molecule has 0 bridgehead atoms. The number of hydrogen-bond donors (Lipinski definition) is 1. The summed E-state index contributed by atoms with van der Waals surface area (Å²) in [5.41, 5.74) is 0. The van der Waals surface area contributed by atoms with Crippen LogP contribution < -0.4 is 5.32 Å². The molecule has 0 amide bonds. The number of hydrogen-bond acceptors (Lipinski definition) is 4. The molecule has 84 valence electrons. The van der Waals surface area contributed by atoms with Gasteiger partial charge in [0.1, 0.15) is 5.82 Å². The molecule has 3 nitrogen and oxygen atoms in total. The SMILES string of the molecule is c1cc2ccsc2c(NC2CCOCC2)n1. The second-order valence-electron chi connectivity index (χ2n) is 4.03. The van der Waals surface area contributed by atoms with E-state index in [0.29, 0.717) is 6.04 Å². The lowest BCUT2D eigenvalue weighted by Crippen LogP contribution is -2.28. The highest BCUT2D eigenvalue weighted by Crippen LogP contribution is 2.27. The molecule has 0 atom stereocenters. The van der Waals surface area contributed by atoms with Gasteiger partial charge in [-0.2, -0.15) is 0 Å². The Bertz CT molecular complexity index is 477. The summed E-state index contributed by atoms with van der Waals surface area (Å²) in [5, 5.41) is 6.91. The van der Waals surface area contributed by atoms with Gasteiger partial charge in [0.25, 0.3) is 0 Å². The van der Waals surface area contributed by atoms with Gasteiger partial charge in [-0.3, -0.25) is 0 Å². The van der Waals surface area contributed by atoms with E-state index in [4.69, 9.17) is 4.74 Å². The van der Waals surface area contributed by atoms with Crippen LogP contribution in [-0.2, 0) is 4.74 Å². The highest BCUT2D eigenvalue weighted by molar-refractivity contribution is 7.17. The molecular formula is C12H14N2OS. The lowest BCUT2D eigenvalue weighted by molar-refractivity contribution is 0.0904. The predicted molar refractivity (Wildman–Crippen MR) is 67.1 cm³/mol. The maximum atomic E-state index is 5.35. The fraction of sp³-hybridized carbons (Fsp3) is 0.417. The van der Waals surface area contributed by atoms with Crippen LogP contribution >= 0.6 is 11.3 Å². The van der Waals surface area contributed by atoms with Crippen LogP contribution in [0.15, 0.2) is 23.7 Å². The average Bonchev–Trinajstić information content (AvgIpc) is 2.80. The molecule has 0 spiro atoms. The van der Waals surface area contributed by atoms with E-state index in [1.54, 1.807) is 11.3 Å². The highest BCUT2D eigenvalue weighted by atomic mass is 32.1. The number of rotatable bonds is 2. The van der Waals surface area contributed by atoms with Gasteiger partial charge in [-0.1, -0.05) is 0 Å². The number of ether oxygens (including phenoxy) is 1. The summed E-state index contributed by atoms with van der Waals surface area (Å²) >= 11 is 1.75. The molecule has 0 unspecified atom stereocenters. The summed E-state index contributed by atoms with van der Waals surface area (Å²) in [6, 6.07) is 4.70. The van der Waals surface area contributed by atoms with Crippen molar-refractivity contribution >= 4 is 27.2 Å². The summed E-state index contributed by atoms with van der Waals surface area (Å²) in [6.45, 7) is 1.72. The van der Waals surface area contributed by atoms with Gasteiger partial charge < -0.3 is 10.1 Å². The quantitative estimate of drug-likeness (QED) is 0.867. The zero-order chi connectivity index (χ0) is 10.8. The Morgan fingerprint density at radius 3 is 3.06 bits per heavy atom. The van der Waals surface area contributed by atoms with E-state index in [-0.39, 0.29) is 0 Å². The highest BCUT2D eigenvalue weighted by Gasteiger charge is 2.15. The third-order valence-electron chi connectivity index (χ3n) is 2.93. The first kappa shape index (κ1) is 10.1. The van der Waals surface area contributed by atoms with Crippen molar-refractivity contribution in [3.05, 3.63) is 23.7 Å². The molecule has 1 aliphatic rings. The van der Waals surface area contributed by atoms with E-state index in [2.05, 4.69) is 27.8 Å². The van der Waals surface area contributed by atoms with Crippen LogP contribution in [0, 0.1) is 0 Å². The Kier molecular flexibility index (Phi) is 2.76. The van der Waals surface area contributed by atoms with Gasteiger partial charge in [-0.25, -0.2) is 4.98 Å². The molecular weight excluding hydrogens is 220 g/mol. The van der Waals surface area contributed by atoms with E-state index in [1.807, 2.05) is 6.20 Å². The van der Waals surface area contributed by atoms with Crippen LogP contribution in [0.5, 0.6) is 0 Å². The van der Waals surface area contributed by atoms with Crippen LogP contribution in [-0.4, -0.2) is 24.2 Å². The Morgan fingerprint density at radius 1 is 1.31 bits per heavy atom. The van der Waals surface area contributed by atoms with Gasteiger partial charge in [0.2, 0.25) is 0 Å². The van der Waals surface area contributed by atoms with Gasteiger partial charge in [-0.15, -0.1) is 11.3 Å². The minimum absolute atomic E-state index is 0.508. The molecule has 4 heteroatoms. The van der Waals surface area contributed by atoms with E-state index < -0.39 is 0 Å². The normalized spacial score (nSPS) is 17.8. The summed E-state index contributed by atoms with van der Waals surface area (Å²) in [7, 11) is 0. The maximum absolute atomic E-state index is 5.35. The summed E-state index contributed by atoms with van der Waals surface area (Å²) < 4.78 is 6.61. The molecule has 1 fully saturated rings. The first-order valence-electron chi connectivity index (χ1n) is 5.60. The van der Waals surface area contributed by atoms with Crippen LogP contribution in [0.4, 0.5) is 5.82 Å². The Labute approximate surface area is 98.5 Å². The number of nitrogens with one attached hydrogen (secondary N) is 1. The molecule has 0 radical (unpaired) electrons. The third kappa shape index (κ3) is 1.90. The van der Waals surface area contributed by atoms with E-state index >= 15 is 0 Å². The van der Waals surface area contributed by atoms with E-state index in [9.17, 15) is 0 Å². The molecule has 1 N–H and O–H groups in total. The molecule has 2 aromatic rings. The molecule has 1 aliphatic heterocycles. The number of nitrogens with zero attached hydrogens (tertiary/aromatic N) is 1. The standard InChI is InChI=1S/C12H14N2OS/c1-5-13-12(11-9(1)4-8-16-11)14-10-2-6-15-7-3-10/h1,4-5,8,10H,2-3,6-7H2,(H,13,14). The summed E-state index contributed by atoms with van der Waals surface area (Å²) in [4.78, 5) is 4.43. The second-order valence-corrected chi connectivity index (χ2v) is 4.95. The van der Waals surface area contributed by atoms with Crippen LogP contribution in [0.2, 0.25) is 0 Å². The molecule has 3 heterocycles. The summed E-state index contributed by atoms with van der Waals surface area (Å²) in [6.07, 6.45) is 4.02. The van der Waals surface area contributed by atoms with Crippen molar-refractivity contribution < 1.29 is 4.74 Å². The molecule has 1 saturated heterocycles. The fourth-order valence-corrected chi connectivity index (χ4v) is 2.88. The Balaban J connectivity index is 1.85. The molecule has 0 aromatic carbocycles. The second kappa shape index (κ2) is 4.39. The van der Waals surface area contributed by atoms with Crippen LogP contribution in [0.1, 0.15) is 12.8 Å². The Hall–Kier alpha value is -1.13. The first-order chi connectivity index (χ1) is 7.93. The van der Waals surface area contributed by atoms with Crippen molar-refractivity contribution in [3.8, 4) is 0 Å². The molecule has 0 aliphatic carbocycles. The van der Waals surface area contributed by atoms with Gasteiger partial charge in [0.05, 0.1) is 4.70 Å². The Morgan fingerprint density at radius 2 is 2.19 bits per heavy atom. The number of fused-ring (bicyclic) bond motifs is 1. The van der Waals surface area contributed by atoms with Crippen molar-refractivity contribution in [2.75, 3.05) is 18.5 Å². The molecule has 2 aromatic heterocycles. The molecule has 0 saturated carbocycles. The third-order valence-corrected chi connectivity index (χ3v) is 3.87. The number of pyridine rings is 1. The monoisotopic (exact) mass is 234 g/mol. The molecule has 3 rings (SSSR count). The minimum Gasteiger partial charge on any atom is -0.381 e. The van der Waals surface area contributed by atoms with Gasteiger partial charge in [0.15, 0.2) is 0 Å². The first-order valence-corrected chi connectivity index (χ1v) is 6.48. The van der Waals surface area contributed by atoms with Gasteiger partial charge in [0, 0.05) is 25.5 Å². The molecule has 16 heavy (non-hydrogen) atoms. The summed E-state index contributed by atoms with van der Waals surface area (Å²) in [5.74, 6) is 1.03. The van der Waals surface area contributed by atoms with E-state index in [1.165, 1.54) is 10.1 Å². The van der Waals surface area contributed by atoms with Crippen molar-refractivity contribution in [1.82, 2.24) is 4.98 Å². The lowest BCUT2D eigenvalue weighted by Gasteiger charge is -2.23. The van der Waals surface area contributed by atoms with Crippen molar-refractivity contribution in [1.29, 1.82) is 0 Å². The van der Waals surface area contributed by atoms with Crippen molar-refractivity contribution in [3.63, 3.8) is 0 Å². The van der Waals surface area contributed by atoms with Crippen molar-refractivity contribution in [2.24, 2.45) is 0 Å². The maximum Gasteiger partial charge on any atom is 0.144 e. The predicted octanol–water partition coefficient (Wildman–Crippen LogP) is 2.89. The van der Waals surface area contributed by atoms with Crippen LogP contribution in [0.25, 0.3) is 10.1 Å². The zero-order valence-corrected chi connectivity index (χ0v) is 9.80. The zero-order valence-electron chi connectivity index (χ0n) is 8.98. The number of thiophene rings is 1. The number of aromatic nitrogens is 1. The average molecular weight is 234 g/mol. The largest absolute Gasteiger partial charge is 0.381 e. The fourth-order valence-electron chi connectivity index (χ4n) is 2.03.